The van der Waals surface area contributed by atoms with E-state index in [9.17, 15) is 9.59 Å². The number of carbonyl (C=O) groups excluding carboxylic acids is 2. The largest absolute Gasteiger partial charge is 0.370 e. The van der Waals surface area contributed by atoms with Crippen LogP contribution in [-0.4, -0.2) is 36.4 Å². The van der Waals surface area contributed by atoms with Crippen molar-refractivity contribution in [2.24, 2.45) is 22.7 Å². The standard InChI is InChI=1S/C28H42O7/c29-25(27(13-11-21-23(17-27)31-21)15-19-7-3-1-4-8-19)33-35-34-26(30)28(14-12-22-24(18-28)32-22)16-20-9-5-2-6-10-20/h19-24H,1-18H2. The number of epoxide rings is 2. The lowest BCUT2D eigenvalue weighted by atomic mass is 9.67. The molecule has 4 aliphatic carbocycles. The fourth-order valence-electron chi connectivity index (χ4n) is 8.09. The molecular weight excluding hydrogens is 448 g/mol. The van der Waals surface area contributed by atoms with Gasteiger partial charge in [-0.05, 0) is 63.2 Å². The van der Waals surface area contributed by atoms with E-state index in [1.807, 2.05) is 0 Å². The minimum absolute atomic E-state index is 0.162. The summed E-state index contributed by atoms with van der Waals surface area (Å²) in [5.41, 5.74) is -1.18. The summed E-state index contributed by atoms with van der Waals surface area (Å²) in [5.74, 6) is 0.309. The Morgan fingerprint density at radius 1 is 0.600 bits per heavy atom. The van der Waals surface area contributed by atoms with Crippen molar-refractivity contribution >= 4 is 11.9 Å². The third-order valence-electron chi connectivity index (χ3n) is 10.3. The van der Waals surface area contributed by atoms with Crippen molar-refractivity contribution < 1.29 is 33.9 Å². The van der Waals surface area contributed by atoms with Gasteiger partial charge in [0.05, 0.1) is 35.2 Å². The topological polar surface area (TPSA) is 86.9 Å². The first kappa shape index (κ1) is 24.2. The van der Waals surface area contributed by atoms with Crippen LogP contribution in [0.15, 0.2) is 0 Å². The summed E-state index contributed by atoms with van der Waals surface area (Å²) < 4.78 is 11.5. The van der Waals surface area contributed by atoms with Crippen LogP contribution in [-0.2, 0) is 33.9 Å². The number of carbonyl (C=O) groups is 2. The number of hydrogen-bond acceptors (Lipinski definition) is 7. The van der Waals surface area contributed by atoms with E-state index < -0.39 is 10.8 Å². The number of ether oxygens (including phenoxy) is 2. The summed E-state index contributed by atoms with van der Waals surface area (Å²) >= 11 is 0. The molecule has 6 fully saturated rings. The highest BCUT2D eigenvalue weighted by Gasteiger charge is 2.57. The molecule has 0 N–H and O–H groups in total. The molecule has 2 saturated heterocycles. The molecule has 6 unspecified atom stereocenters. The van der Waals surface area contributed by atoms with Crippen molar-refractivity contribution in [3.05, 3.63) is 0 Å². The Balaban J connectivity index is 1.07. The zero-order chi connectivity index (χ0) is 23.9. The maximum absolute atomic E-state index is 13.4. The molecular formula is C28H42O7. The molecule has 2 heterocycles. The monoisotopic (exact) mass is 490 g/mol. The van der Waals surface area contributed by atoms with Crippen LogP contribution in [0.4, 0.5) is 0 Å². The van der Waals surface area contributed by atoms with E-state index in [1.54, 1.807) is 0 Å². The van der Waals surface area contributed by atoms with Crippen LogP contribution in [0.2, 0.25) is 0 Å². The van der Waals surface area contributed by atoms with Crippen LogP contribution in [0.3, 0.4) is 0 Å². The highest BCUT2D eigenvalue weighted by atomic mass is 17.5. The van der Waals surface area contributed by atoms with Crippen molar-refractivity contribution in [3.63, 3.8) is 0 Å². The van der Waals surface area contributed by atoms with E-state index in [0.29, 0.717) is 36.9 Å². The van der Waals surface area contributed by atoms with E-state index >= 15 is 0 Å². The molecule has 35 heavy (non-hydrogen) atoms. The molecule has 4 saturated carbocycles. The molecule has 0 spiro atoms. The minimum Gasteiger partial charge on any atom is -0.370 e. The highest BCUT2D eigenvalue weighted by Crippen LogP contribution is 2.53. The van der Waals surface area contributed by atoms with E-state index in [2.05, 4.69) is 0 Å². The van der Waals surface area contributed by atoms with Crippen molar-refractivity contribution in [2.45, 2.75) is 140 Å². The predicted octanol–water partition coefficient (Wildman–Crippen LogP) is 5.74. The van der Waals surface area contributed by atoms with E-state index in [1.165, 1.54) is 64.2 Å². The molecule has 0 aromatic rings. The Morgan fingerprint density at radius 3 is 1.43 bits per heavy atom. The first-order chi connectivity index (χ1) is 17.1. The lowest BCUT2D eigenvalue weighted by molar-refractivity contribution is -0.465. The lowest BCUT2D eigenvalue weighted by Crippen LogP contribution is -2.41. The van der Waals surface area contributed by atoms with Crippen molar-refractivity contribution in [3.8, 4) is 0 Å². The Morgan fingerprint density at radius 2 is 1.03 bits per heavy atom. The van der Waals surface area contributed by atoms with Gasteiger partial charge in [0.2, 0.25) is 0 Å². The lowest BCUT2D eigenvalue weighted by Gasteiger charge is -2.37. The van der Waals surface area contributed by atoms with Gasteiger partial charge in [-0.2, -0.15) is 0 Å². The van der Waals surface area contributed by atoms with E-state index in [0.717, 1.165) is 38.5 Å². The van der Waals surface area contributed by atoms with Crippen LogP contribution >= 0.6 is 0 Å². The van der Waals surface area contributed by atoms with Gasteiger partial charge in [0.25, 0.3) is 0 Å². The van der Waals surface area contributed by atoms with Crippen LogP contribution in [0, 0.1) is 22.7 Å². The summed E-state index contributed by atoms with van der Waals surface area (Å²) in [6, 6.07) is 0. The molecule has 7 heteroatoms. The molecule has 0 aromatic carbocycles. The second-order valence-electron chi connectivity index (χ2n) is 12.7. The Hall–Kier alpha value is -1.18. The number of rotatable bonds is 8. The summed E-state index contributed by atoms with van der Waals surface area (Å²) in [6.07, 6.45) is 19.5. The van der Waals surface area contributed by atoms with Gasteiger partial charge in [0.1, 0.15) is 0 Å². The minimum atomic E-state index is -0.591. The van der Waals surface area contributed by atoms with Gasteiger partial charge in [0, 0.05) is 5.04 Å². The second-order valence-corrected chi connectivity index (χ2v) is 12.7. The number of hydrogen-bond donors (Lipinski definition) is 0. The van der Waals surface area contributed by atoms with Gasteiger partial charge in [-0.25, -0.2) is 9.59 Å². The third kappa shape index (κ3) is 5.28. The fraction of sp³-hybridized carbons (Fsp3) is 0.929. The van der Waals surface area contributed by atoms with Gasteiger partial charge >= 0.3 is 11.9 Å². The predicted molar refractivity (Wildman–Crippen MR) is 126 cm³/mol. The second kappa shape index (κ2) is 9.94. The van der Waals surface area contributed by atoms with Gasteiger partial charge in [0.15, 0.2) is 0 Å². The summed E-state index contributed by atoms with van der Waals surface area (Å²) in [7, 11) is 0. The summed E-state index contributed by atoms with van der Waals surface area (Å²) in [5, 5.41) is 5.01. The van der Waals surface area contributed by atoms with Gasteiger partial charge < -0.3 is 9.47 Å². The molecule has 7 nitrogen and oxygen atoms in total. The maximum atomic E-state index is 13.4. The zero-order valence-electron chi connectivity index (χ0n) is 21.0. The molecule has 2 aliphatic heterocycles. The van der Waals surface area contributed by atoms with Crippen molar-refractivity contribution in [1.29, 1.82) is 0 Å². The quantitative estimate of drug-likeness (QED) is 0.244. The molecule has 0 amide bonds. The maximum Gasteiger partial charge on any atom is 0.352 e. The average molecular weight is 491 g/mol. The first-order valence-corrected chi connectivity index (χ1v) is 14.5. The van der Waals surface area contributed by atoms with E-state index in [4.69, 9.17) is 24.3 Å². The summed E-state index contributed by atoms with van der Waals surface area (Å²) in [6.45, 7) is 0. The first-order valence-electron chi connectivity index (χ1n) is 14.5. The van der Waals surface area contributed by atoms with Gasteiger partial charge in [-0.3, -0.25) is 9.78 Å². The van der Waals surface area contributed by atoms with Crippen LogP contribution in [0.25, 0.3) is 0 Å². The molecule has 0 radical (unpaired) electrons. The molecule has 6 aliphatic rings. The molecule has 6 rings (SSSR count). The Labute approximate surface area is 208 Å². The third-order valence-corrected chi connectivity index (χ3v) is 10.3. The zero-order valence-corrected chi connectivity index (χ0v) is 21.0. The van der Waals surface area contributed by atoms with E-state index in [-0.39, 0.29) is 24.1 Å². The fourth-order valence-corrected chi connectivity index (χ4v) is 8.09. The molecule has 0 aromatic heterocycles. The van der Waals surface area contributed by atoms with Gasteiger partial charge in [-0.15, -0.1) is 0 Å². The van der Waals surface area contributed by atoms with Crippen molar-refractivity contribution in [2.75, 3.05) is 0 Å². The van der Waals surface area contributed by atoms with Crippen LogP contribution in [0.1, 0.15) is 116 Å². The van der Waals surface area contributed by atoms with Crippen LogP contribution < -0.4 is 0 Å². The van der Waals surface area contributed by atoms with Crippen LogP contribution in [0.5, 0.6) is 0 Å². The highest BCUT2D eigenvalue weighted by molar-refractivity contribution is 5.78. The smallest absolute Gasteiger partial charge is 0.352 e. The normalized spacial score (nSPS) is 41.4. The SMILES string of the molecule is O=C(OOOC(=O)C1(CC2CCCCC2)CCC2OC2C1)C1(CC2CCCCC2)CCC2OC2C1. The van der Waals surface area contributed by atoms with Crippen molar-refractivity contribution in [1.82, 2.24) is 0 Å². The molecule has 0 bridgehead atoms. The Kier molecular flexibility index (Phi) is 6.87. The Bertz CT molecular complexity index is 724. The average Bonchev–Trinajstić information content (AvgIpc) is 3.80. The summed E-state index contributed by atoms with van der Waals surface area (Å²) in [4.78, 5) is 37.2. The number of fused-ring (bicyclic) bond motifs is 2. The molecule has 196 valence electrons. The molecule has 6 atom stereocenters. The van der Waals surface area contributed by atoms with Gasteiger partial charge in [-0.1, -0.05) is 64.2 Å².